The van der Waals surface area contributed by atoms with E-state index in [4.69, 9.17) is 9.84 Å². The Hall–Kier alpha value is -1.27. The number of hydrogen-bond acceptors (Lipinski definition) is 4. The molecule has 0 radical (unpaired) electrons. The molecule has 6 heteroatoms. The second-order valence-electron chi connectivity index (χ2n) is 5.41. The Kier molecular flexibility index (Phi) is 5.47. The van der Waals surface area contributed by atoms with Gasteiger partial charge in [0.15, 0.2) is 11.5 Å². The number of rotatable bonds is 5. The van der Waals surface area contributed by atoms with E-state index in [1.165, 1.54) is 7.11 Å². The molecule has 0 amide bonds. The molecular formula is C15H20BrNO4. The second kappa shape index (κ2) is 7.13. The van der Waals surface area contributed by atoms with Gasteiger partial charge in [0.2, 0.25) is 0 Å². The molecule has 21 heavy (non-hydrogen) atoms. The van der Waals surface area contributed by atoms with Crippen molar-refractivity contribution in [3.63, 3.8) is 0 Å². The number of benzene rings is 1. The highest BCUT2D eigenvalue weighted by Crippen LogP contribution is 2.35. The van der Waals surface area contributed by atoms with Crippen LogP contribution in [0, 0.1) is 5.92 Å². The average Bonchev–Trinajstić information content (AvgIpc) is 2.48. The first-order chi connectivity index (χ1) is 10.0. The van der Waals surface area contributed by atoms with Crippen molar-refractivity contribution >= 4 is 21.9 Å². The van der Waals surface area contributed by atoms with Gasteiger partial charge in [-0.25, -0.2) is 0 Å². The van der Waals surface area contributed by atoms with E-state index >= 15 is 0 Å². The lowest BCUT2D eigenvalue weighted by Crippen LogP contribution is -2.36. The average molecular weight is 358 g/mol. The van der Waals surface area contributed by atoms with Crippen LogP contribution in [0.1, 0.15) is 31.2 Å². The van der Waals surface area contributed by atoms with Gasteiger partial charge in [-0.1, -0.05) is 6.42 Å². The summed E-state index contributed by atoms with van der Waals surface area (Å²) in [5.74, 6) is -0.425. The molecular weight excluding hydrogens is 338 g/mol. The van der Waals surface area contributed by atoms with E-state index in [-0.39, 0.29) is 17.7 Å². The third-order valence-corrected chi connectivity index (χ3v) is 4.53. The summed E-state index contributed by atoms with van der Waals surface area (Å²) in [5, 5.41) is 22.3. The second-order valence-corrected chi connectivity index (χ2v) is 6.26. The van der Waals surface area contributed by atoms with Crippen molar-refractivity contribution in [1.82, 2.24) is 5.32 Å². The number of hydrogen-bond donors (Lipinski definition) is 3. The Morgan fingerprint density at radius 1 is 1.48 bits per heavy atom. The number of phenolic OH excluding ortho intramolecular Hbond substituents is 1. The van der Waals surface area contributed by atoms with Crippen molar-refractivity contribution in [2.24, 2.45) is 5.92 Å². The number of phenols is 1. The van der Waals surface area contributed by atoms with Crippen LogP contribution in [0.5, 0.6) is 11.5 Å². The smallest absolute Gasteiger partial charge is 0.306 e. The molecule has 0 heterocycles. The summed E-state index contributed by atoms with van der Waals surface area (Å²) in [5.41, 5.74) is 0.981. The first kappa shape index (κ1) is 16.1. The van der Waals surface area contributed by atoms with Gasteiger partial charge in [-0.2, -0.15) is 0 Å². The monoisotopic (exact) mass is 357 g/mol. The van der Waals surface area contributed by atoms with E-state index in [1.54, 1.807) is 6.07 Å². The first-order valence-electron chi connectivity index (χ1n) is 7.02. The van der Waals surface area contributed by atoms with Gasteiger partial charge >= 0.3 is 5.97 Å². The zero-order valence-corrected chi connectivity index (χ0v) is 13.5. The van der Waals surface area contributed by atoms with Crippen LogP contribution in [-0.2, 0) is 11.3 Å². The molecule has 1 fully saturated rings. The highest BCUT2D eigenvalue weighted by molar-refractivity contribution is 9.10. The Morgan fingerprint density at radius 3 is 2.90 bits per heavy atom. The summed E-state index contributed by atoms with van der Waals surface area (Å²) < 4.78 is 5.71. The molecule has 0 aliphatic heterocycles. The maximum Gasteiger partial charge on any atom is 0.306 e. The van der Waals surface area contributed by atoms with Crippen LogP contribution in [0.25, 0.3) is 0 Å². The summed E-state index contributed by atoms with van der Waals surface area (Å²) in [6.07, 6.45) is 3.38. The van der Waals surface area contributed by atoms with Gasteiger partial charge in [-0.05, 0) is 52.9 Å². The lowest BCUT2D eigenvalue weighted by atomic mass is 9.86. The molecule has 1 aromatic carbocycles. The van der Waals surface area contributed by atoms with E-state index in [1.807, 2.05) is 6.07 Å². The van der Waals surface area contributed by atoms with Crippen molar-refractivity contribution < 1.29 is 19.7 Å². The predicted octanol–water partition coefficient (Wildman–Crippen LogP) is 2.90. The summed E-state index contributed by atoms with van der Waals surface area (Å²) in [6, 6.07) is 3.84. The van der Waals surface area contributed by atoms with Crippen LogP contribution < -0.4 is 10.1 Å². The normalized spacial score (nSPS) is 22.0. The zero-order valence-electron chi connectivity index (χ0n) is 11.9. The van der Waals surface area contributed by atoms with E-state index in [0.717, 1.165) is 24.8 Å². The molecule has 0 aromatic heterocycles. The molecule has 2 atom stereocenters. The zero-order chi connectivity index (χ0) is 15.4. The van der Waals surface area contributed by atoms with Crippen molar-refractivity contribution in [3.05, 3.63) is 22.2 Å². The molecule has 0 saturated heterocycles. The Morgan fingerprint density at radius 2 is 2.24 bits per heavy atom. The van der Waals surface area contributed by atoms with Gasteiger partial charge < -0.3 is 20.3 Å². The van der Waals surface area contributed by atoms with Crippen LogP contribution in [-0.4, -0.2) is 29.3 Å². The fourth-order valence-electron chi connectivity index (χ4n) is 2.75. The molecule has 0 spiro atoms. The van der Waals surface area contributed by atoms with Crippen LogP contribution in [0.4, 0.5) is 0 Å². The van der Waals surface area contributed by atoms with Crippen molar-refractivity contribution in [3.8, 4) is 11.5 Å². The molecule has 1 aliphatic carbocycles. The summed E-state index contributed by atoms with van der Waals surface area (Å²) in [4.78, 5) is 11.1. The fraction of sp³-hybridized carbons (Fsp3) is 0.533. The van der Waals surface area contributed by atoms with Crippen LogP contribution >= 0.6 is 15.9 Å². The topological polar surface area (TPSA) is 78.8 Å². The molecule has 1 saturated carbocycles. The van der Waals surface area contributed by atoms with Gasteiger partial charge in [0.25, 0.3) is 0 Å². The van der Waals surface area contributed by atoms with E-state index < -0.39 is 5.97 Å². The highest BCUT2D eigenvalue weighted by Gasteiger charge is 2.26. The molecule has 1 aliphatic rings. The van der Waals surface area contributed by atoms with Crippen LogP contribution in [0.15, 0.2) is 16.6 Å². The molecule has 116 valence electrons. The molecule has 2 unspecified atom stereocenters. The van der Waals surface area contributed by atoms with Gasteiger partial charge in [-0.15, -0.1) is 0 Å². The van der Waals surface area contributed by atoms with E-state index in [2.05, 4.69) is 21.2 Å². The van der Waals surface area contributed by atoms with E-state index in [0.29, 0.717) is 23.2 Å². The fourth-order valence-corrected chi connectivity index (χ4v) is 3.24. The van der Waals surface area contributed by atoms with Crippen molar-refractivity contribution in [1.29, 1.82) is 0 Å². The third-order valence-electron chi connectivity index (χ3n) is 3.93. The summed E-state index contributed by atoms with van der Waals surface area (Å²) in [6.45, 7) is 0.617. The molecule has 0 bridgehead atoms. The van der Waals surface area contributed by atoms with Crippen LogP contribution in [0.3, 0.4) is 0 Å². The number of nitrogens with one attached hydrogen (secondary N) is 1. The maximum absolute atomic E-state index is 11.1. The largest absolute Gasteiger partial charge is 0.503 e. The SMILES string of the molecule is COc1cc(CNC2CCCC(C(=O)O)C2)cc(Br)c1O. The number of carboxylic acids is 1. The van der Waals surface area contributed by atoms with E-state index in [9.17, 15) is 9.90 Å². The Labute approximate surface area is 132 Å². The number of aliphatic carboxylic acids is 1. The maximum atomic E-state index is 11.1. The van der Waals surface area contributed by atoms with Gasteiger partial charge in [0.1, 0.15) is 0 Å². The number of methoxy groups -OCH3 is 1. The highest BCUT2D eigenvalue weighted by atomic mass is 79.9. The summed E-state index contributed by atoms with van der Waals surface area (Å²) >= 11 is 3.30. The number of carboxylic acid groups (broad SMARTS) is 1. The number of halogens is 1. The number of aromatic hydroxyl groups is 1. The quantitative estimate of drug-likeness (QED) is 0.754. The minimum Gasteiger partial charge on any atom is -0.503 e. The van der Waals surface area contributed by atoms with Gasteiger partial charge in [-0.3, -0.25) is 4.79 Å². The van der Waals surface area contributed by atoms with Gasteiger partial charge in [0, 0.05) is 12.6 Å². The minimum absolute atomic E-state index is 0.0878. The third kappa shape index (κ3) is 4.11. The van der Waals surface area contributed by atoms with Crippen molar-refractivity contribution in [2.45, 2.75) is 38.3 Å². The molecule has 2 rings (SSSR count). The Balaban J connectivity index is 1.96. The lowest BCUT2D eigenvalue weighted by molar-refractivity contribution is -0.143. The minimum atomic E-state index is -0.699. The first-order valence-corrected chi connectivity index (χ1v) is 7.82. The Bertz CT molecular complexity index is 521. The number of ether oxygens (including phenoxy) is 1. The summed E-state index contributed by atoms with van der Waals surface area (Å²) in [7, 11) is 1.51. The standard InChI is InChI=1S/C15H20BrNO4/c1-21-13-6-9(5-12(16)14(13)18)8-17-11-4-2-3-10(7-11)15(19)20/h5-6,10-11,17-18H,2-4,7-8H2,1H3,(H,19,20). The molecule has 5 nitrogen and oxygen atoms in total. The number of carbonyl (C=O) groups is 1. The van der Waals surface area contributed by atoms with Crippen LogP contribution in [0.2, 0.25) is 0 Å². The van der Waals surface area contributed by atoms with Crippen molar-refractivity contribution in [2.75, 3.05) is 7.11 Å². The molecule has 3 N–H and O–H groups in total. The molecule has 1 aromatic rings. The lowest BCUT2D eigenvalue weighted by Gasteiger charge is -2.27. The predicted molar refractivity (Wildman–Crippen MR) is 82.6 cm³/mol. The van der Waals surface area contributed by atoms with Gasteiger partial charge in [0.05, 0.1) is 17.5 Å².